The van der Waals surface area contributed by atoms with E-state index in [1.54, 1.807) is 7.11 Å². The summed E-state index contributed by atoms with van der Waals surface area (Å²) >= 11 is 0. The van der Waals surface area contributed by atoms with Crippen molar-refractivity contribution in [2.24, 2.45) is 0 Å². The average Bonchev–Trinajstić information content (AvgIpc) is 2.87. The van der Waals surface area contributed by atoms with Crippen LogP contribution in [0.15, 0.2) is 24.3 Å². The molecule has 0 N–H and O–H groups in total. The summed E-state index contributed by atoms with van der Waals surface area (Å²) in [6.45, 7) is 5.32. The van der Waals surface area contributed by atoms with E-state index in [2.05, 4.69) is 4.90 Å². The number of rotatable bonds is 6. The summed E-state index contributed by atoms with van der Waals surface area (Å²) in [5.41, 5.74) is 1.11. The number of carbonyl (C=O) groups excluding carboxylic acids is 3. The highest BCUT2D eigenvalue weighted by atomic mass is 16.5. The first-order valence-electron chi connectivity index (χ1n) is 8.83. The van der Waals surface area contributed by atoms with Crippen LogP contribution in [0.2, 0.25) is 0 Å². The number of nitrogens with zero attached hydrogens (tertiary/aromatic N) is 4. The molecule has 1 aromatic rings. The van der Waals surface area contributed by atoms with Gasteiger partial charge in [-0.2, -0.15) is 0 Å². The van der Waals surface area contributed by atoms with Crippen LogP contribution in [0, 0.1) is 0 Å². The molecular formula is C18H24N4O4. The summed E-state index contributed by atoms with van der Waals surface area (Å²) in [5.74, 6) is -0.616. The fourth-order valence-corrected chi connectivity index (χ4v) is 3.24. The molecule has 1 aromatic carbocycles. The van der Waals surface area contributed by atoms with Crippen LogP contribution in [0.25, 0.3) is 0 Å². The van der Waals surface area contributed by atoms with Crippen molar-refractivity contribution in [2.45, 2.75) is 13.3 Å². The summed E-state index contributed by atoms with van der Waals surface area (Å²) in [4.78, 5) is 42.7. The molecule has 2 aliphatic heterocycles. The van der Waals surface area contributed by atoms with Gasteiger partial charge in [-0.05, 0) is 30.7 Å². The third-order valence-corrected chi connectivity index (χ3v) is 4.73. The van der Waals surface area contributed by atoms with Crippen LogP contribution in [-0.2, 0) is 9.59 Å². The monoisotopic (exact) mass is 360 g/mol. The van der Waals surface area contributed by atoms with Crippen molar-refractivity contribution < 1.29 is 19.1 Å². The normalized spacial score (nSPS) is 18.8. The van der Waals surface area contributed by atoms with Gasteiger partial charge in [-0.3, -0.25) is 19.4 Å². The summed E-state index contributed by atoms with van der Waals surface area (Å²) in [6.07, 6.45) is 0.638. The second-order valence-electron chi connectivity index (χ2n) is 6.42. The topological polar surface area (TPSA) is 73.4 Å². The molecule has 0 unspecified atom stereocenters. The summed E-state index contributed by atoms with van der Waals surface area (Å²) in [7, 11) is 1.64. The quantitative estimate of drug-likeness (QED) is 0.556. The molecule has 0 bridgehead atoms. The molecule has 0 aliphatic carbocycles. The number of imide groups is 2. The highest BCUT2D eigenvalue weighted by Crippen LogP contribution is 2.21. The SMILES string of the molecule is CCCN1C(=O)C(=O)N(CN2CCN(c3ccc(OC)cc3)CC2)C1=O. The molecular weight excluding hydrogens is 336 g/mol. The van der Waals surface area contributed by atoms with Gasteiger partial charge < -0.3 is 9.64 Å². The van der Waals surface area contributed by atoms with E-state index in [1.807, 2.05) is 36.1 Å². The van der Waals surface area contributed by atoms with Crippen molar-refractivity contribution in [1.82, 2.24) is 14.7 Å². The molecule has 2 fully saturated rings. The molecule has 2 saturated heterocycles. The molecule has 0 radical (unpaired) electrons. The smallest absolute Gasteiger partial charge is 0.335 e. The van der Waals surface area contributed by atoms with Gasteiger partial charge in [-0.25, -0.2) is 9.69 Å². The Bertz CT molecular complexity index is 683. The molecule has 140 valence electrons. The molecule has 8 heteroatoms. The van der Waals surface area contributed by atoms with Gasteiger partial charge in [0.1, 0.15) is 5.75 Å². The van der Waals surface area contributed by atoms with Crippen LogP contribution in [-0.4, -0.2) is 79.0 Å². The van der Waals surface area contributed by atoms with Crippen molar-refractivity contribution >= 4 is 23.5 Å². The Kier molecular flexibility index (Phi) is 5.41. The number of hydrogen-bond donors (Lipinski definition) is 0. The third-order valence-electron chi connectivity index (χ3n) is 4.73. The first kappa shape index (κ1) is 18.2. The van der Waals surface area contributed by atoms with Crippen LogP contribution >= 0.6 is 0 Å². The predicted octanol–water partition coefficient (Wildman–Crippen LogP) is 0.975. The standard InChI is InChI=1S/C18H24N4O4/c1-3-8-21-16(23)17(24)22(18(21)25)13-19-9-11-20(12-10-19)14-4-6-15(26-2)7-5-14/h4-7H,3,8-13H2,1-2H3. The van der Waals surface area contributed by atoms with Gasteiger partial charge in [-0.15, -0.1) is 0 Å². The maximum atomic E-state index is 12.3. The van der Waals surface area contributed by atoms with E-state index in [0.29, 0.717) is 19.5 Å². The molecule has 2 heterocycles. The highest BCUT2D eigenvalue weighted by molar-refractivity contribution is 6.44. The number of benzene rings is 1. The highest BCUT2D eigenvalue weighted by Gasteiger charge is 2.44. The number of piperazine rings is 1. The zero-order chi connectivity index (χ0) is 18.7. The number of carbonyl (C=O) groups is 3. The fraction of sp³-hybridized carbons (Fsp3) is 0.500. The van der Waals surface area contributed by atoms with Gasteiger partial charge in [0.25, 0.3) is 0 Å². The number of anilines is 1. The van der Waals surface area contributed by atoms with Crippen LogP contribution in [0.5, 0.6) is 5.75 Å². The summed E-state index contributed by atoms with van der Waals surface area (Å²) in [6, 6.07) is 7.39. The zero-order valence-corrected chi connectivity index (χ0v) is 15.2. The third kappa shape index (κ3) is 3.50. The Hall–Kier alpha value is -2.61. The van der Waals surface area contributed by atoms with Crippen LogP contribution in [0.1, 0.15) is 13.3 Å². The van der Waals surface area contributed by atoms with E-state index in [1.165, 1.54) is 0 Å². The summed E-state index contributed by atoms with van der Waals surface area (Å²) in [5, 5.41) is 0. The van der Waals surface area contributed by atoms with E-state index in [0.717, 1.165) is 34.3 Å². The molecule has 0 saturated carbocycles. The second kappa shape index (κ2) is 7.74. The van der Waals surface area contributed by atoms with E-state index in [4.69, 9.17) is 4.74 Å². The van der Waals surface area contributed by atoms with Crippen molar-refractivity contribution in [3.63, 3.8) is 0 Å². The molecule has 8 nitrogen and oxygen atoms in total. The Morgan fingerprint density at radius 2 is 1.54 bits per heavy atom. The molecule has 4 amide bonds. The van der Waals surface area contributed by atoms with Crippen molar-refractivity contribution in [3.8, 4) is 5.75 Å². The van der Waals surface area contributed by atoms with Gasteiger partial charge in [0.15, 0.2) is 0 Å². The minimum Gasteiger partial charge on any atom is -0.497 e. The molecule has 0 spiro atoms. The molecule has 0 aromatic heterocycles. The second-order valence-corrected chi connectivity index (χ2v) is 6.42. The average molecular weight is 360 g/mol. The van der Waals surface area contributed by atoms with Gasteiger partial charge in [0.2, 0.25) is 0 Å². The van der Waals surface area contributed by atoms with Gasteiger partial charge in [-0.1, -0.05) is 6.92 Å². The van der Waals surface area contributed by atoms with Crippen molar-refractivity contribution in [3.05, 3.63) is 24.3 Å². The number of urea groups is 1. The number of hydrogen-bond acceptors (Lipinski definition) is 6. The molecule has 3 rings (SSSR count). The van der Waals surface area contributed by atoms with Crippen molar-refractivity contribution in [2.75, 3.05) is 51.4 Å². The molecule has 0 atom stereocenters. The fourth-order valence-electron chi connectivity index (χ4n) is 3.24. The van der Waals surface area contributed by atoms with Crippen LogP contribution in [0.4, 0.5) is 10.5 Å². The lowest BCUT2D eigenvalue weighted by molar-refractivity contribution is -0.144. The lowest BCUT2D eigenvalue weighted by Gasteiger charge is -2.37. The molecule has 2 aliphatic rings. The largest absolute Gasteiger partial charge is 0.497 e. The van der Waals surface area contributed by atoms with E-state index in [-0.39, 0.29) is 13.2 Å². The minimum absolute atomic E-state index is 0.167. The van der Waals surface area contributed by atoms with E-state index < -0.39 is 17.8 Å². The van der Waals surface area contributed by atoms with Crippen LogP contribution in [0.3, 0.4) is 0 Å². The Morgan fingerprint density at radius 1 is 0.923 bits per heavy atom. The minimum atomic E-state index is -0.721. The van der Waals surface area contributed by atoms with Gasteiger partial charge in [0, 0.05) is 38.4 Å². The van der Waals surface area contributed by atoms with E-state index in [9.17, 15) is 14.4 Å². The Balaban J connectivity index is 1.56. The molecule has 26 heavy (non-hydrogen) atoms. The van der Waals surface area contributed by atoms with E-state index >= 15 is 0 Å². The summed E-state index contributed by atoms with van der Waals surface area (Å²) < 4.78 is 5.18. The maximum absolute atomic E-state index is 12.3. The number of amides is 4. The first-order valence-corrected chi connectivity index (χ1v) is 8.83. The first-order chi connectivity index (χ1) is 12.5. The van der Waals surface area contributed by atoms with Crippen molar-refractivity contribution in [1.29, 1.82) is 0 Å². The van der Waals surface area contributed by atoms with Gasteiger partial charge >= 0.3 is 17.8 Å². The van der Waals surface area contributed by atoms with Gasteiger partial charge in [0.05, 0.1) is 13.8 Å². The number of methoxy groups -OCH3 is 1. The lowest BCUT2D eigenvalue weighted by atomic mass is 10.2. The lowest BCUT2D eigenvalue weighted by Crippen LogP contribution is -2.51. The number of ether oxygens (including phenoxy) is 1. The predicted molar refractivity (Wildman–Crippen MR) is 95.9 cm³/mol. The Labute approximate surface area is 152 Å². The maximum Gasteiger partial charge on any atom is 0.335 e. The zero-order valence-electron chi connectivity index (χ0n) is 15.2. The van der Waals surface area contributed by atoms with Crippen LogP contribution < -0.4 is 9.64 Å². The Morgan fingerprint density at radius 3 is 2.12 bits per heavy atom.